The Morgan fingerprint density at radius 1 is 1.31 bits per heavy atom. The molecule has 0 aliphatic carbocycles. The van der Waals surface area contributed by atoms with E-state index in [1.165, 1.54) is 12.1 Å². The van der Waals surface area contributed by atoms with Crippen LogP contribution in [0.5, 0.6) is 0 Å². The maximum Gasteiger partial charge on any atom is 0.178 e. The minimum atomic E-state index is -3.18. The van der Waals surface area contributed by atoms with Crippen LogP contribution in [-0.2, 0) is 15.4 Å². The molecule has 3 N–H and O–H groups in total. The van der Waals surface area contributed by atoms with E-state index >= 15 is 0 Å². The molecule has 0 saturated carbocycles. The molecule has 1 unspecified atom stereocenters. The lowest BCUT2D eigenvalue weighted by atomic mass is 9.97. The second-order valence-corrected chi connectivity index (χ2v) is 6.18. The van der Waals surface area contributed by atoms with Crippen LogP contribution in [0.4, 0.5) is 0 Å². The van der Waals surface area contributed by atoms with Gasteiger partial charge >= 0.3 is 0 Å². The van der Waals surface area contributed by atoms with Crippen LogP contribution in [0, 0.1) is 0 Å². The van der Waals surface area contributed by atoms with Crippen molar-refractivity contribution in [2.45, 2.75) is 24.3 Å². The van der Waals surface area contributed by atoms with Crippen LogP contribution >= 0.6 is 0 Å². The largest absolute Gasteiger partial charge is 0.384 e. The second kappa shape index (κ2) is 4.53. The smallest absolute Gasteiger partial charge is 0.178 e. The topological polar surface area (TPSA) is 80.4 Å². The molecule has 90 valence electrons. The molecular formula is C11H17NO3S. The summed E-state index contributed by atoms with van der Waals surface area (Å²) in [5.74, 6) is 0.0691. The maximum atomic E-state index is 11.5. The van der Waals surface area contributed by atoms with Crippen LogP contribution < -0.4 is 5.73 Å². The van der Waals surface area contributed by atoms with E-state index in [2.05, 4.69) is 0 Å². The molecule has 5 heteroatoms. The molecule has 0 spiro atoms. The van der Waals surface area contributed by atoms with Crippen molar-refractivity contribution in [3.63, 3.8) is 0 Å². The van der Waals surface area contributed by atoms with E-state index < -0.39 is 15.4 Å². The van der Waals surface area contributed by atoms with Gasteiger partial charge in [0.1, 0.15) is 0 Å². The predicted octanol–water partition coefficient (Wildman–Crippen LogP) is 0.646. The summed E-state index contributed by atoms with van der Waals surface area (Å²) in [5, 5.41) is 9.87. The summed E-state index contributed by atoms with van der Waals surface area (Å²) in [7, 11) is -3.18. The maximum absolute atomic E-state index is 11.5. The number of nitrogens with two attached hydrogens (primary N) is 1. The summed E-state index contributed by atoms with van der Waals surface area (Å²) in [6.45, 7) is 3.28. The number of rotatable bonds is 4. The van der Waals surface area contributed by atoms with Gasteiger partial charge in [0, 0.05) is 6.54 Å². The zero-order valence-corrected chi connectivity index (χ0v) is 10.3. The molecule has 4 nitrogen and oxygen atoms in total. The standard InChI is InChI=1S/C11H17NO3S/c1-3-16(14,15)10-6-4-9(5-7-10)11(2,13)8-12/h4-7,13H,3,8,12H2,1-2H3. The average Bonchev–Trinajstić information content (AvgIpc) is 2.29. The Hall–Kier alpha value is -0.910. The fourth-order valence-corrected chi connectivity index (χ4v) is 2.19. The van der Waals surface area contributed by atoms with Crippen molar-refractivity contribution >= 4 is 9.84 Å². The van der Waals surface area contributed by atoms with Gasteiger partial charge in [-0.2, -0.15) is 0 Å². The Kier molecular flexibility index (Phi) is 3.72. The Morgan fingerprint density at radius 2 is 1.81 bits per heavy atom. The summed E-state index contributed by atoms with van der Waals surface area (Å²) in [6.07, 6.45) is 0. The Labute approximate surface area is 96.0 Å². The van der Waals surface area contributed by atoms with E-state index in [0.29, 0.717) is 5.56 Å². The number of aliphatic hydroxyl groups is 1. The van der Waals surface area contributed by atoms with E-state index in [1.54, 1.807) is 26.0 Å². The molecule has 0 saturated heterocycles. The van der Waals surface area contributed by atoms with Crippen LogP contribution in [0.1, 0.15) is 19.4 Å². The lowest BCUT2D eigenvalue weighted by Gasteiger charge is -2.21. The van der Waals surface area contributed by atoms with Gasteiger partial charge in [-0.1, -0.05) is 19.1 Å². The number of benzene rings is 1. The highest BCUT2D eigenvalue weighted by molar-refractivity contribution is 7.91. The van der Waals surface area contributed by atoms with Crippen LogP contribution in [0.2, 0.25) is 0 Å². The lowest BCUT2D eigenvalue weighted by molar-refractivity contribution is 0.0668. The minimum Gasteiger partial charge on any atom is -0.384 e. The summed E-state index contributed by atoms with van der Waals surface area (Å²) in [6, 6.07) is 6.18. The van der Waals surface area contributed by atoms with Crippen molar-refractivity contribution in [3.05, 3.63) is 29.8 Å². The molecular weight excluding hydrogens is 226 g/mol. The van der Waals surface area contributed by atoms with Gasteiger partial charge in [-0.3, -0.25) is 0 Å². The molecule has 0 radical (unpaired) electrons. The molecule has 1 aromatic rings. The second-order valence-electron chi connectivity index (χ2n) is 3.91. The molecule has 16 heavy (non-hydrogen) atoms. The Balaban J connectivity index is 3.10. The first-order valence-corrected chi connectivity index (χ1v) is 6.74. The van der Waals surface area contributed by atoms with Crippen LogP contribution in [-0.4, -0.2) is 25.8 Å². The van der Waals surface area contributed by atoms with Gasteiger partial charge in [-0.15, -0.1) is 0 Å². The normalized spacial score (nSPS) is 15.8. The van der Waals surface area contributed by atoms with Crippen LogP contribution in [0.3, 0.4) is 0 Å². The SMILES string of the molecule is CCS(=O)(=O)c1ccc(C(C)(O)CN)cc1. The van der Waals surface area contributed by atoms with Crippen molar-refractivity contribution in [3.8, 4) is 0 Å². The molecule has 0 heterocycles. The van der Waals surface area contributed by atoms with Gasteiger partial charge in [0.15, 0.2) is 9.84 Å². The third-order valence-electron chi connectivity index (χ3n) is 2.61. The molecule has 0 amide bonds. The summed E-state index contributed by atoms with van der Waals surface area (Å²) in [5.41, 5.74) is 4.92. The molecule has 0 aliphatic heterocycles. The zero-order chi connectivity index (χ0) is 12.4. The van der Waals surface area contributed by atoms with E-state index in [-0.39, 0.29) is 17.2 Å². The lowest BCUT2D eigenvalue weighted by Crippen LogP contribution is -2.31. The highest BCUT2D eigenvalue weighted by atomic mass is 32.2. The van der Waals surface area contributed by atoms with E-state index in [0.717, 1.165) is 0 Å². The zero-order valence-electron chi connectivity index (χ0n) is 9.47. The number of hydrogen-bond acceptors (Lipinski definition) is 4. The highest BCUT2D eigenvalue weighted by Crippen LogP contribution is 2.21. The quantitative estimate of drug-likeness (QED) is 0.813. The summed E-state index contributed by atoms with van der Waals surface area (Å²) >= 11 is 0. The van der Waals surface area contributed by atoms with Gasteiger partial charge in [-0.25, -0.2) is 8.42 Å². The predicted molar refractivity (Wildman–Crippen MR) is 62.8 cm³/mol. The van der Waals surface area contributed by atoms with Gasteiger partial charge in [0.25, 0.3) is 0 Å². The van der Waals surface area contributed by atoms with E-state index in [9.17, 15) is 13.5 Å². The highest BCUT2D eigenvalue weighted by Gasteiger charge is 2.21. The monoisotopic (exact) mass is 243 g/mol. The van der Waals surface area contributed by atoms with E-state index in [4.69, 9.17) is 5.73 Å². The van der Waals surface area contributed by atoms with Crippen molar-refractivity contribution in [2.24, 2.45) is 5.73 Å². The fourth-order valence-electron chi connectivity index (χ4n) is 1.31. The summed E-state index contributed by atoms with van der Waals surface area (Å²) in [4.78, 5) is 0.270. The Bertz CT molecular complexity index is 449. The van der Waals surface area contributed by atoms with Gasteiger partial charge in [0.05, 0.1) is 16.2 Å². The van der Waals surface area contributed by atoms with Crippen molar-refractivity contribution in [1.82, 2.24) is 0 Å². The van der Waals surface area contributed by atoms with Crippen molar-refractivity contribution in [2.75, 3.05) is 12.3 Å². The summed E-state index contributed by atoms with van der Waals surface area (Å²) < 4.78 is 23.1. The average molecular weight is 243 g/mol. The first-order chi connectivity index (χ1) is 7.33. The molecule has 0 fully saturated rings. The third-order valence-corrected chi connectivity index (χ3v) is 4.36. The molecule has 0 aromatic heterocycles. The van der Waals surface area contributed by atoms with Gasteiger partial charge in [0.2, 0.25) is 0 Å². The first-order valence-electron chi connectivity index (χ1n) is 5.09. The van der Waals surface area contributed by atoms with E-state index in [1.807, 2.05) is 0 Å². The Morgan fingerprint density at radius 3 is 2.19 bits per heavy atom. The van der Waals surface area contributed by atoms with Crippen LogP contribution in [0.25, 0.3) is 0 Å². The first kappa shape index (κ1) is 13.2. The fraction of sp³-hybridized carbons (Fsp3) is 0.455. The molecule has 0 bridgehead atoms. The number of hydrogen-bond donors (Lipinski definition) is 2. The molecule has 1 aromatic carbocycles. The van der Waals surface area contributed by atoms with Crippen molar-refractivity contribution in [1.29, 1.82) is 0 Å². The third kappa shape index (κ3) is 2.61. The van der Waals surface area contributed by atoms with Gasteiger partial charge in [-0.05, 0) is 24.6 Å². The van der Waals surface area contributed by atoms with Crippen molar-refractivity contribution < 1.29 is 13.5 Å². The number of sulfone groups is 1. The van der Waals surface area contributed by atoms with Crippen LogP contribution in [0.15, 0.2) is 29.2 Å². The molecule has 1 atom stereocenters. The molecule has 0 aliphatic rings. The minimum absolute atomic E-state index is 0.0691. The van der Waals surface area contributed by atoms with Gasteiger partial charge < -0.3 is 10.8 Å². The molecule has 1 rings (SSSR count).